The first kappa shape index (κ1) is 17.7. The first-order valence-electron chi connectivity index (χ1n) is 7.66. The number of fused-ring (bicyclic) bond motifs is 1. The number of anilines is 2. The molecule has 3 rings (SSSR count). The Morgan fingerprint density at radius 1 is 1.19 bits per heavy atom. The number of para-hydroxylation sites is 1. The van der Waals surface area contributed by atoms with E-state index in [0.29, 0.717) is 5.69 Å². The van der Waals surface area contributed by atoms with Crippen LogP contribution in [0.5, 0.6) is 0 Å². The normalized spacial score (nSPS) is 11.3. The molecule has 0 saturated carbocycles. The van der Waals surface area contributed by atoms with Gasteiger partial charge in [0.25, 0.3) is 0 Å². The minimum atomic E-state index is -3.66. The maximum Gasteiger partial charge on any atom is 0.319 e. The van der Waals surface area contributed by atoms with Crippen molar-refractivity contribution in [2.45, 2.75) is 0 Å². The van der Waals surface area contributed by atoms with Crippen molar-refractivity contribution in [3.8, 4) is 0 Å². The largest absolute Gasteiger partial charge is 0.337 e. The van der Waals surface area contributed by atoms with Crippen molar-refractivity contribution in [2.75, 3.05) is 22.3 Å². The number of nitrogens with one attached hydrogen (secondary N) is 3. The molecule has 0 radical (unpaired) electrons. The van der Waals surface area contributed by atoms with Crippen LogP contribution < -0.4 is 15.4 Å². The van der Waals surface area contributed by atoms with Gasteiger partial charge in [0.15, 0.2) is 0 Å². The highest BCUT2D eigenvalue weighted by atomic mass is 32.2. The number of hydrogen-bond acceptors (Lipinski definition) is 4. The van der Waals surface area contributed by atoms with E-state index in [-0.39, 0.29) is 18.0 Å². The zero-order valence-corrected chi connectivity index (χ0v) is 14.3. The molecule has 0 aliphatic carbocycles. The lowest BCUT2D eigenvalue weighted by atomic mass is 10.3. The van der Waals surface area contributed by atoms with E-state index in [4.69, 9.17) is 0 Å². The topological polar surface area (TPSA) is 105 Å². The second-order valence-corrected chi connectivity index (χ2v) is 7.24. The van der Waals surface area contributed by atoms with Gasteiger partial charge in [-0.1, -0.05) is 12.1 Å². The summed E-state index contributed by atoms with van der Waals surface area (Å²) in [6.07, 6.45) is 3.24. The van der Waals surface area contributed by atoms with Crippen LogP contribution in [0.2, 0.25) is 0 Å². The molecule has 2 aromatic heterocycles. The Hall–Kier alpha value is -3.14. The van der Waals surface area contributed by atoms with E-state index in [1.165, 1.54) is 18.2 Å². The van der Waals surface area contributed by atoms with Crippen molar-refractivity contribution in [1.29, 1.82) is 0 Å². The molecule has 0 aliphatic heterocycles. The lowest BCUT2D eigenvalue weighted by molar-refractivity contribution is 0.252. The van der Waals surface area contributed by atoms with E-state index in [9.17, 15) is 17.6 Å². The standard InChI is InChI=1S/C16H16FN5O3S/c17-14-3-1-2-4-15(14)20-16(23)18-8-10-26(24,25)21-12-6-9-22-13(11-12)5-7-19-22/h1-7,9,11,21H,8,10H2,(H2,18,20,23). The average molecular weight is 377 g/mol. The van der Waals surface area contributed by atoms with Crippen LogP contribution in [-0.4, -0.2) is 36.4 Å². The third-order valence-electron chi connectivity index (χ3n) is 3.45. The van der Waals surface area contributed by atoms with Crippen molar-refractivity contribution in [3.05, 3.63) is 60.7 Å². The number of halogens is 1. The van der Waals surface area contributed by atoms with Gasteiger partial charge in [0, 0.05) is 18.9 Å². The number of amides is 2. The van der Waals surface area contributed by atoms with Crippen LogP contribution in [-0.2, 0) is 10.0 Å². The Labute approximate surface area is 149 Å². The van der Waals surface area contributed by atoms with Crippen LogP contribution in [0, 0.1) is 5.82 Å². The summed E-state index contributed by atoms with van der Waals surface area (Å²) in [7, 11) is -3.66. The van der Waals surface area contributed by atoms with E-state index < -0.39 is 21.9 Å². The first-order chi connectivity index (χ1) is 12.4. The monoisotopic (exact) mass is 377 g/mol. The smallest absolute Gasteiger partial charge is 0.319 e. The molecule has 136 valence electrons. The molecule has 0 saturated heterocycles. The molecule has 2 amide bonds. The van der Waals surface area contributed by atoms with Crippen molar-refractivity contribution in [3.63, 3.8) is 0 Å². The van der Waals surface area contributed by atoms with Crippen LogP contribution in [0.3, 0.4) is 0 Å². The fourth-order valence-electron chi connectivity index (χ4n) is 2.24. The van der Waals surface area contributed by atoms with Gasteiger partial charge in [0.2, 0.25) is 10.0 Å². The van der Waals surface area contributed by atoms with Crippen LogP contribution in [0.15, 0.2) is 54.9 Å². The number of sulfonamides is 1. The third kappa shape index (κ3) is 4.48. The summed E-state index contributed by atoms with van der Waals surface area (Å²) in [4.78, 5) is 11.7. The number of carbonyl (C=O) groups excluding carboxylic acids is 1. The van der Waals surface area contributed by atoms with E-state index in [0.717, 1.165) is 5.52 Å². The molecular formula is C16H16FN5O3S. The van der Waals surface area contributed by atoms with Gasteiger partial charge >= 0.3 is 6.03 Å². The zero-order chi connectivity index (χ0) is 18.6. The summed E-state index contributed by atoms with van der Waals surface area (Å²) >= 11 is 0. The Kier molecular flexibility index (Phi) is 5.03. The minimum Gasteiger partial charge on any atom is -0.337 e. The van der Waals surface area contributed by atoms with E-state index >= 15 is 0 Å². The Morgan fingerprint density at radius 2 is 2.00 bits per heavy atom. The van der Waals surface area contributed by atoms with Gasteiger partial charge in [0.1, 0.15) is 5.82 Å². The van der Waals surface area contributed by atoms with Crippen molar-refractivity contribution >= 4 is 32.9 Å². The van der Waals surface area contributed by atoms with Crippen molar-refractivity contribution in [2.24, 2.45) is 0 Å². The van der Waals surface area contributed by atoms with Crippen LogP contribution >= 0.6 is 0 Å². The predicted molar refractivity (Wildman–Crippen MR) is 96.0 cm³/mol. The summed E-state index contributed by atoms with van der Waals surface area (Å²) in [5.41, 5.74) is 1.15. The second-order valence-electron chi connectivity index (χ2n) is 5.40. The summed E-state index contributed by atoms with van der Waals surface area (Å²) in [6, 6.07) is 9.96. The third-order valence-corrected chi connectivity index (χ3v) is 4.74. The van der Waals surface area contributed by atoms with E-state index in [1.54, 1.807) is 41.2 Å². The van der Waals surface area contributed by atoms with Crippen LogP contribution in [0.4, 0.5) is 20.6 Å². The fraction of sp³-hybridized carbons (Fsp3) is 0.125. The van der Waals surface area contributed by atoms with Crippen LogP contribution in [0.25, 0.3) is 5.52 Å². The Bertz CT molecular complexity index is 1040. The molecular weight excluding hydrogens is 361 g/mol. The fourth-order valence-corrected chi connectivity index (χ4v) is 3.20. The molecule has 3 aromatic rings. The zero-order valence-electron chi connectivity index (χ0n) is 13.5. The van der Waals surface area contributed by atoms with Gasteiger partial charge in [-0.3, -0.25) is 4.72 Å². The lowest BCUT2D eigenvalue weighted by Gasteiger charge is -2.10. The van der Waals surface area contributed by atoms with Crippen LogP contribution in [0.1, 0.15) is 0 Å². The van der Waals surface area contributed by atoms with Gasteiger partial charge in [-0.05, 0) is 30.3 Å². The highest BCUT2D eigenvalue weighted by molar-refractivity contribution is 7.92. The molecule has 0 unspecified atom stereocenters. The number of rotatable bonds is 6. The summed E-state index contributed by atoms with van der Waals surface area (Å²) in [6.45, 7) is -0.134. The second kappa shape index (κ2) is 7.40. The number of urea groups is 1. The first-order valence-corrected chi connectivity index (χ1v) is 9.31. The quantitative estimate of drug-likeness (QED) is 0.611. The number of carbonyl (C=O) groups is 1. The predicted octanol–water partition coefficient (Wildman–Crippen LogP) is 2.04. The van der Waals surface area contributed by atoms with Gasteiger partial charge in [-0.15, -0.1) is 0 Å². The maximum atomic E-state index is 13.4. The average Bonchev–Trinajstić information content (AvgIpc) is 3.04. The van der Waals surface area contributed by atoms with Gasteiger partial charge in [0.05, 0.1) is 22.6 Å². The SMILES string of the molecule is O=C(NCCS(=O)(=O)Nc1ccn2nccc2c1)Nc1ccccc1F. The molecule has 3 N–H and O–H groups in total. The molecule has 0 fully saturated rings. The minimum absolute atomic E-state index is 0.0140. The molecule has 0 bridgehead atoms. The van der Waals surface area contributed by atoms with E-state index in [1.807, 2.05) is 0 Å². The number of hydrogen-bond donors (Lipinski definition) is 3. The molecule has 26 heavy (non-hydrogen) atoms. The van der Waals surface area contributed by atoms with E-state index in [2.05, 4.69) is 20.5 Å². The highest BCUT2D eigenvalue weighted by Crippen LogP contribution is 2.13. The highest BCUT2D eigenvalue weighted by Gasteiger charge is 2.12. The summed E-state index contributed by atoms with van der Waals surface area (Å²) < 4.78 is 41.7. The van der Waals surface area contributed by atoms with Crippen molar-refractivity contribution < 1.29 is 17.6 Å². The number of nitrogens with zero attached hydrogens (tertiary/aromatic N) is 2. The molecule has 8 nitrogen and oxygen atoms in total. The Morgan fingerprint density at radius 3 is 2.81 bits per heavy atom. The summed E-state index contributed by atoms with van der Waals surface area (Å²) in [5, 5.41) is 8.71. The number of aromatic nitrogens is 2. The molecule has 1 aromatic carbocycles. The summed E-state index contributed by atoms with van der Waals surface area (Å²) in [5.74, 6) is -0.908. The molecule has 10 heteroatoms. The molecule has 0 spiro atoms. The molecule has 0 aliphatic rings. The molecule has 2 heterocycles. The molecule has 0 atom stereocenters. The maximum absolute atomic E-state index is 13.4. The van der Waals surface area contributed by atoms with Gasteiger partial charge in [-0.2, -0.15) is 5.10 Å². The van der Waals surface area contributed by atoms with Crippen molar-refractivity contribution in [1.82, 2.24) is 14.9 Å². The Balaban J connectivity index is 1.51. The van der Waals surface area contributed by atoms with Gasteiger partial charge < -0.3 is 10.6 Å². The number of pyridine rings is 1. The lowest BCUT2D eigenvalue weighted by Crippen LogP contribution is -2.34. The number of benzene rings is 1. The van der Waals surface area contributed by atoms with Gasteiger partial charge in [-0.25, -0.2) is 22.1 Å².